The molecule has 146 valence electrons. The fourth-order valence-corrected chi connectivity index (χ4v) is 3.20. The van der Waals surface area contributed by atoms with Crippen LogP contribution in [0, 0.1) is 10.1 Å². The molecule has 2 aromatic heterocycles. The van der Waals surface area contributed by atoms with Crippen molar-refractivity contribution in [1.82, 2.24) is 19.7 Å². The van der Waals surface area contributed by atoms with Gasteiger partial charge in [0.25, 0.3) is 11.6 Å². The lowest BCUT2D eigenvalue weighted by Crippen LogP contribution is -2.24. The minimum atomic E-state index is -0.456. The molecule has 2 aromatic carbocycles. The molecule has 1 N–H and O–H groups in total. The van der Waals surface area contributed by atoms with Crippen molar-refractivity contribution in [2.45, 2.75) is 13.0 Å². The molecular formula is C21H19N5O3. The number of para-hydroxylation sites is 1. The average molecular weight is 389 g/mol. The molecule has 0 saturated heterocycles. The molecule has 0 fully saturated rings. The minimum Gasteiger partial charge on any atom is -0.352 e. The average Bonchev–Trinajstić information content (AvgIpc) is 3.39. The predicted molar refractivity (Wildman–Crippen MR) is 109 cm³/mol. The normalized spacial score (nSPS) is 10.9. The summed E-state index contributed by atoms with van der Waals surface area (Å²) in [6.45, 7) is 1.36. The Hall–Kier alpha value is -3.94. The van der Waals surface area contributed by atoms with Crippen molar-refractivity contribution in [3.8, 4) is 5.69 Å². The Morgan fingerprint density at radius 2 is 1.90 bits per heavy atom. The maximum atomic E-state index is 12.3. The number of nitrogens with zero attached hydrogens (tertiary/aromatic N) is 4. The van der Waals surface area contributed by atoms with Crippen LogP contribution in [0.3, 0.4) is 0 Å². The van der Waals surface area contributed by atoms with Crippen molar-refractivity contribution in [3.05, 3.63) is 88.9 Å². The number of nitro groups is 1. The Bertz CT molecular complexity index is 1160. The molecule has 2 heterocycles. The number of aromatic nitrogens is 3. The molecule has 0 unspecified atom stereocenters. The highest BCUT2D eigenvalue weighted by molar-refractivity contribution is 5.93. The van der Waals surface area contributed by atoms with Crippen molar-refractivity contribution >= 4 is 22.5 Å². The summed E-state index contributed by atoms with van der Waals surface area (Å²) in [6.07, 6.45) is 5.95. The van der Waals surface area contributed by atoms with Crippen molar-refractivity contribution in [2.24, 2.45) is 0 Å². The van der Waals surface area contributed by atoms with Crippen molar-refractivity contribution in [3.63, 3.8) is 0 Å². The zero-order valence-corrected chi connectivity index (χ0v) is 15.6. The Labute approximate surface area is 166 Å². The van der Waals surface area contributed by atoms with Crippen molar-refractivity contribution in [1.29, 1.82) is 0 Å². The number of aryl methyl sites for hydroxylation is 1. The van der Waals surface area contributed by atoms with Crippen molar-refractivity contribution in [2.75, 3.05) is 6.54 Å². The maximum Gasteiger partial charge on any atom is 0.269 e. The number of amides is 1. The molecule has 4 aromatic rings. The van der Waals surface area contributed by atoms with Gasteiger partial charge < -0.3 is 9.88 Å². The van der Waals surface area contributed by atoms with Crippen LogP contribution < -0.4 is 5.32 Å². The molecule has 0 atom stereocenters. The SMILES string of the molecule is O=C(NCCCn1ccc2ccccc21)c1cnn(-c2ccc([N+](=O)[O-])cc2)c1. The van der Waals surface area contributed by atoms with Crippen LogP contribution in [0.4, 0.5) is 5.69 Å². The molecule has 0 saturated carbocycles. The van der Waals surface area contributed by atoms with Crippen LogP contribution in [0.15, 0.2) is 73.2 Å². The third-order valence-corrected chi connectivity index (χ3v) is 4.71. The van der Waals surface area contributed by atoms with Crippen molar-refractivity contribution < 1.29 is 9.72 Å². The molecule has 8 heteroatoms. The quantitative estimate of drug-likeness (QED) is 0.297. The van der Waals surface area contributed by atoms with E-state index in [0.717, 1.165) is 13.0 Å². The van der Waals surface area contributed by atoms with Crippen LogP contribution in [-0.2, 0) is 6.54 Å². The monoisotopic (exact) mass is 389 g/mol. The number of fused-ring (bicyclic) bond motifs is 1. The van der Waals surface area contributed by atoms with Gasteiger partial charge in [0.05, 0.1) is 22.4 Å². The number of hydrogen-bond donors (Lipinski definition) is 1. The van der Waals surface area contributed by atoms with Gasteiger partial charge in [0.1, 0.15) is 0 Å². The number of benzene rings is 2. The van der Waals surface area contributed by atoms with Gasteiger partial charge in [-0.3, -0.25) is 14.9 Å². The smallest absolute Gasteiger partial charge is 0.269 e. The van der Waals surface area contributed by atoms with Gasteiger partial charge >= 0.3 is 0 Å². The molecular weight excluding hydrogens is 370 g/mol. The van der Waals surface area contributed by atoms with Gasteiger partial charge in [-0.1, -0.05) is 18.2 Å². The summed E-state index contributed by atoms with van der Waals surface area (Å²) in [5.41, 5.74) is 2.28. The molecule has 1 amide bonds. The Kier molecular flexibility index (Phi) is 5.07. The first-order chi connectivity index (χ1) is 14.1. The Morgan fingerprint density at radius 3 is 2.69 bits per heavy atom. The van der Waals surface area contributed by atoms with Crippen LogP contribution in [0.1, 0.15) is 16.8 Å². The number of rotatable bonds is 7. The van der Waals surface area contributed by atoms with Crippen LogP contribution >= 0.6 is 0 Å². The van der Waals surface area contributed by atoms with E-state index in [1.807, 2.05) is 12.1 Å². The summed E-state index contributed by atoms with van der Waals surface area (Å²) in [7, 11) is 0. The molecule has 0 aliphatic rings. The van der Waals surface area contributed by atoms with Gasteiger partial charge in [0.2, 0.25) is 0 Å². The first-order valence-electron chi connectivity index (χ1n) is 9.23. The largest absolute Gasteiger partial charge is 0.352 e. The molecule has 0 radical (unpaired) electrons. The lowest BCUT2D eigenvalue weighted by molar-refractivity contribution is -0.384. The highest BCUT2D eigenvalue weighted by Gasteiger charge is 2.10. The standard InChI is InChI=1S/C21H19N5O3/c27-21(22-11-3-12-24-13-10-16-4-1-2-5-20(16)24)17-14-23-25(15-17)18-6-8-19(9-7-18)26(28)29/h1-2,4-10,13-15H,3,11-12H2,(H,22,27). The minimum absolute atomic E-state index is 0.00865. The van der Waals surface area contributed by atoms with E-state index in [2.05, 4.69) is 39.4 Å². The number of carbonyl (C=O) groups is 1. The number of non-ortho nitro benzene ring substituents is 1. The molecule has 4 rings (SSSR count). The fraction of sp³-hybridized carbons (Fsp3) is 0.143. The highest BCUT2D eigenvalue weighted by atomic mass is 16.6. The molecule has 0 aliphatic carbocycles. The second-order valence-corrected chi connectivity index (χ2v) is 6.62. The summed E-state index contributed by atoms with van der Waals surface area (Å²) in [5, 5.41) is 19.0. The van der Waals surface area contributed by atoms with E-state index in [4.69, 9.17) is 0 Å². The van der Waals surface area contributed by atoms with Crippen LogP contribution in [0.25, 0.3) is 16.6 Å². The zero-order valence-electron chi connectivity index (χ0n) is 15.6. The molecule has 0 spiro atoms. The number of carbonyl (C=O) groups excluding carboxylic acids is 1. The van der Waals surface area contributed by atoms with E-state index in [1.165, 1.54) is 33.9 Å². The summed E-state index contributed by atoms with van der Waals surface area (Å²) >= 11 is 0. The summed E-state index contributed by atoms with van der Waals surface area (Å²) in [6, 6.07) is 16.3. The van der Waals surface area contributed by atoms with Crippen LogP contribution in [0.2, 0.25) is 0 Å². The predicted octanol–water partition coefficient (Wildman–Crippen LogP) is 3.56. The molecule has 0 aliphatic heterocycles. The number of hydrogen-bond acceptors (Lipinski definition) is 4. The molecule has 8 nitrogen and oxygen atoms in total. The maximum absolute atomic E-state index is 12.3. The summed E-state index contributed by atoms with van der Waals surface area (Å²) in [4.78, 5) is 22.6. The second kappa shape index (κ2) is 7.97. The van der Waals surface area contributed by atoms with E-state index < -0.39 is 4.92 Å². The van der Waals surface area contributed by atoms with Crippen LogP contribution in [-0.4, -0.2) is 31.7 Å². The second-order valence-electron chi connectivity index (χ2n) is 6.62. The fourth-order valence-electron chi connectivity index (χ4n) is 3.20. The van der Waals surface area contributed by atoms with Gasteiger partial charge in [0, 0.05) is 43.1 Å². The topological polar surface area (TPSA) is 95.0 Å². The van der Waals surface area contributed by atoms with E-state index in [1.54, 1.807) is 18.3 Å². The van der Waals surface area contributed by atoms with Gasteiger partial charge in [-0.2, -0.15) is 5.10 Å². The first kappa shape index (κ1) is 18.4. The summed E-state index contributed by atoms with van der Waals surface area (Å²) < 4.78 is 3.69. The third kappa shape index (κ3) is 4.01. The van der Waals surface area contributed by atoms with Gasteiger partial charge in [-0.15, -0.1) is 0 Å². The summed E-state index contributed by atoms with van der Waals surface area (Å²) in [5.74, 6) is -0.199. The van der Waals surface area contributed by atoms with Gasteiger partial charge in [-0.25, -0.2) is 4.68 Å². The van der Waals surface area contributed by atoms with Crippen LogP contribution in [0.5, 0.6) is 0 Å². The lowest BCUT2D eigenvalue weighted by atomic mass is 10.2. The zero-order chi connectivity index (χ0) is 20.2. The van der Waals surface area contributed by atoms with E-state index in [-0.39, 0.29) is 11.6 Å². The van der Waals surface area contributed by atoms with E-state index in [0.29, 0.717) is 17.8 Å². The Balaban J connectivity index is 1.31. The van der Waals surface area contributed by atoms with Gasteiger partial charge in [-0.05, 0) is 36.1 Å². The lowest BCUT2D eigenvalue weighted by Gasteiger charge is -2.06. The number of nitro benzene ring substituents is 1. The first-order valence-corrected chi connectivity index (χ1v) is 9.23. The Morgan fingerprint density at radius 1 is 1.10 bits per heavy atom. The van der Waals surface area contributed by atoms with E-state index >= 15 is 0 Å². The van der Waals surface area contributed by atoms with E-state index in [9.17, 15) is 14.9 Å². The molecule has 29 heavy (non-hydrogen) atoms. The number of nitrogens with one attached hydrogen (secondary N) is 1. The van der Waals surface area contributed by atoms with Gasteiger partial charge in [0.15, 0.2) is 0 Å². The third-order valence-electron chi connectivity index (χ3n) is 4.71. The highest BCUT2D eigenvalue weighted by Crippen LogP contribution is 2.16. The molecule has 0 bridgehead atoms.